The fraction of sp³-hybridized carbons (Fsp3) is 0.643. The molecule has 1 aromatic rings. The summed E-state index contributed by atoms with van der Waals surface area (Å²) in [7, 11) is 0. The van der Waals surface area contributed by atoms with Crippen molar-refractivity contribution >= 4 is 23.2 Å². The summed E-state index contributed by atoms with van der Waals surface area (Å²) < 4.78 is 0. The maximum atomic E-state index is 12.2. The largest absolute Gasteiger partial charge is 0.480 e. The lowest BCUT2D eigenvalue weighted by atomic mass is 10.0. The van der Waals surface area contributed by atoms with Gasteiger partial charge in [0.2, 0.25) is 0 Å². The molecule has 1 aromatic heterocycles. The minimum absolute atomic E-state index is 0.203. The highest BCUT2D eigenvalue weighted by atomic mass is 32.1. The normalized spacial score (nSPS) is 12.4. The summed E-state index contributed by atoms with van der Waals surface area (Å²) >= 11 is 1.35. The molecule has 0 unspecified atom stereocenters. The van der Waals surface area contributed by atoms with Crippen molar-refractivity contribution in [2.24, 2.45) is 5.92 Å². The summed E-state index contributed by atoms with van der Waals surface area (Å²) in [5, 5.41) is 12.7. The number of carbonyl (C=O) groups is 2. The molecular weight excluding hydrogens is 276 g/mol. The molecule has 6 heteroatoms. The summed E-state index contributed by atoms with van der Waals surface area (Å²) in [4.78, 5) is 28.2. The number of carboxylic acids is 1. The Labute approximate surface area is 123 Å². The molecule has 112 valence electrons. The third kappa shape index (κ3) is 4.59. The minimum Gasteiger partial charge on any atom is -0.480 e. The molecule has 1 atom stereocenters. The highest BCUT2D eigenvalue weighted by molar-refractivity contribution is 7.13. The average Bonchev–Trinajstić information content (AvgIpc) is 2.69. The molecule has 0 aliphatic rings. The molecule has 1 rings (SSSR count). The number of aliphatic carboxylic acids is 1. The quantitative estimate of drug-likeness (QED) is 0.811. The van der Waals surface area contributed by atoms with Gasteiger partial charge in [0.05, 0.1) is 10.7 Å². The molecule has 0 bridgehead atoms. The van der Waals surface area contributed by atoms with Crippen molar-refractivity contribution in [2.75, 3.05) is 0 Å². The number of nitrogens with zero attached hydrogens (tertiary/aromatic N) is 1. The maximum Gasteiger partial charge on any atom is 0.326 e. The average molecular weight is 298 g/mol. The molecule has 2 N–H and O–H groups in total. The summed E-state index contributed by atoms with van der Waals surface area (Å²) in [6.07, 6.45) is 2.23. The zero-order chi connectivity index (χ0) is 15.3. The van der Waals surface area contributed by atoms with Gasteiger partial charge in [0.25, 0.3) is 5.91 Å². The number of hydrogen-bond acceptors (Lipinski definition) is 4. The van der Waals surface area contributed by atoms with Gasteiger partial charge in [-0.15, -0.1) is 11.3 Å². The summed E-state index contributed by atoms with van der Waals surface area (Å²) in [6.45, 7) is 7.70. The molecule has 1 heterocycles. The number of thiazole rings is 1. The van der Waals surface area contributed by atoms with Crippen molar-refractivity contribution < 1.29 is 14.7 Å². The first-order chi connectivity index (χ1) is 9.35. The van der Waals surface area contributed by atoms with Crippen LogP contribution in [0.25, 0.3) is 0 Å². The maximum absolute atomic E-state index is 12.2. The number of nitrogens with one attached hydrogen (secondary N) is 1. The van der Waals surface area contributed by atoms with Crippen molar-refractivity contribution in [2.45, 2.75) is 53.0 Å². The molecule has 0 spiro atoms. The Hall–Kier alpha value is -1.43. The predicted octanol–water partition coefficient (Wildman–Crippen LogP) is 2.63. The molecule has 0 aliphatic carbocycles. The van der Waals surface area contributed by atoms with Crippen molar-refractivity contribution in [3.05, 3.63) is 15.6 Å². The van der Waals surface area contributed by atoms with Gasteiger partial charge in [-0.3, -0.25) is 4.79 Å². The monoisotopic (exact) mass is 298 g/mol. The van der Waals surface area contributed by atoms with Gasteiger partial charge >= 0.3 is 5.97 Å². The number of aromatic nitrogens is 1. The van der Waals surface area contributed by atoms with Gasteiger partial charge in [-0.1, -0.05) is 20.8 Å². The Kier molecular flexibility index (Phi) is 6.13. The molecule has 0 aliphatic heterocycles. The number of rotatable bonds is 7. The summed E-state index contributed by atoms with van der Waals surface area (Å²) in [6, 6.07) is -0.848. The molecule has 5 nitrogen and oxygen atoms in total. The highest BCUT2D eigenvalue weighted by Gasteiger charge is 2.24. The van der Waals surface area contributed by atoms with Crippen LogP contribution in [0.4, 0.5) is 0 Å². The van der Waals surface area contributed by atoms with Crippen LogP contribution in [0.15, 0.2) is 0 Å². The Morgan fingerprint density at radius 3 is 2.55 bits per heavy atom. The van der Waals surface area contributed by atoms with Crippen LogP contribution < -0.4 is 5.32 Å². The van der Waals surface area contributed by atoms with E-state index in [1.807, 2.05) is 13.8 Å². The van der Waals surface area contributed by atoms with E-state index in [4.69, 9.17) is 5.11 Å². The molecule has 0 saturated carbocycles. The molecule has 0 radical (unpaired) electrons. The Balaban J connectivity index is 2.80. The van der Waals surface area contributed by atoms with Crippen LogP contribution in [-0.4, -0.2) is 28.0 Å². The van der Waals surface area contributed by atoms with E-state index in [9.17, 15) is 9.59 Å². The lowest BCUT2D eigenvalue weighted by molar-refractivity contribution is -0.139. The van der Waals surface area contributed by atoms with Gasteiger partial charge in [0.1, 0.15) is 10.9 Å². The third-order valence-electron chi connectivity index (χ3n) is 2.82. The molecule has 1 amide bonds. The topological polar surface area (TPSA) is 79.3 Å². The Morgan fingerprint density at radius 1 is 1.40 bits per heavy atom. The SMILES string of the molecule is CCCc1nc(C)c(C(=O)N[C@@H](CC(C)C)C(=O)O)s1. The van der Waals surface area contributed by atoms with Gasteiger partial charge in [-0.2, -0.15) is 0 Å². The first-order valence-electron chi connectivity index (χ1n) is 6.85. The van der Waals surface area contributed by atoms with Crippen molar-refractivity contribution in [3.63, 3.8) is 0 Å². The molecular formula is C14H22N2O3S. The Morgan fingerprint density at radius 2 is 2.05 bits per heavy atom. The van der Waals surface area contributed by atoms with E-state index in [-0.39, 0.29) is 11.8 Å². The van der Waals surface area contributed by atoms with Crippen molar-refractivity contribution in [1.82, 2.24) is 10.3 Å². The van der Waals surface area contributed by atoms with E-state index in [1.165, 1.54) is 11.3 Å². The zero-order valence-corrected chi connectivity index (χ0v) is 13.2. The van der Waals surface area contributed by atoms with Crippen LogP contribution in [0.5, 0.6) is 0 Å². The van der Waals surface area contributed by atoms with Gasteiger partial charge < -0.3 is 10.4 Å². The first kappa shape index (κ1) is 16.6. The lowest BCUT2D eigenvalue weighted by Crippen LogP contribution is -2.41. The second kappa shape index (κ2) is 7.38. The van der Waals surface area contributed by atoms with E-state index in [0.29, 0.717) is 17.0 Å². The van der Waals surface area contributed by atoms with E-state index >= 15 is 0 Å². The van der Waals surface area contributed by atoms with E-state index in [1.54, 1.807) is 6.92 Å². The highest BCUT2D eigenvalue weighted by Crippen LogP contribution is 2.19. The zero-order valence-electron chi connectivity index (χ0n) is 12.4. The van der Waals surface area contributed by atoms with Crippen LogP contribution in [0.1, 0.15) is 54.0 Å². The van der Waals surface area contributed by atoms with Crippen LogP contribution >= 0.6 is 11.3 Å². The molecule has 0 fully saturated rings. The van der Waals surface area contributed by atoms with Gasteiger partial charge in [-0.25, -0.2) is 9.78 Å². The smallest absolute Gasteiger partial charge is 0.326 e. The fourth-order valence-corrected chi connectivity index (χ4v) is 2.97. The summed E-state index contributed by atoms with van der Waals surface area (Å²) in [5.41, 5.74) is 0.671. The molecule has 20 heavy (non-hydrogen) atoms. The van der Waals surface area contributed by atoms with Crippen LogP contribution in [0.3, 0.4) is 0 Å². The van der Waals surface area contributed by atoms with Crippen LogP contribution in [-0.2, 0) is 11.2 Å². The summed E-state index contributed by atoms with van der Waals surface area (Å²) in [5.74, 6) is -1.13. The predicted molar refractivity (Wildman–Crippen MR) is 79.2 cm³/mol. The number of hydrogen-bond donors (Lipinski definition) is 2. The number of carbonyl (C=O) groups excluding carboxylic acids is 1. The minimum atomic E-state index is -0.997. The second-order valence-electron chi connectivity index (χ2n) is 5.27. The van der Waals surface area contributed by atoms with Crippen LogP contribution in [0, 0.1) is 12.8 Å². The van der Waals surface area contributed by atoms with Gasteiger partial charge in [0.15, 0.2) is 0 Å². The van der Waals surface area contributed by atoms with E-state index in [0.717, 1.165) is 17.8 Å². The second-order valence-corrected chi connectivity index (χ2v) is 6.35. The number of aryl methyl sites for hydroxylation is 2. The first-order valence-corrected chi connectivity index (χ1v) is 7.66. The van der Waals surface area contributed by atoms with E-state index < -0.39 is 12.0 Å². The third-order valence-corrected chi connectivity index (χ3v) is 4.04. The van der Waals surface area contributed by atoms with Gasteiger partial charge in [0, 0.05) is 0 Å². The number of carboxylic acid groups (broad SMARTS) is 1. The standard InChI is InChI=1S/C14H22N2O3S/c1-5-6-11-15-9(4)12(20-11)13(17)16-10(14(18)19)7-8(2)3/h8,10H,5-7H2,1-4H3,(H,16,17)(H,18,19)/t10-/m0/s1. The fourth-order valence-electron chi connectivity index (χ4n) is 1.90. The Bertz CT molecular complexity index is 483. The molecule has 0 saturated heterocycles. The van der Waals surface area contributed by atoms with E-state index in [2.05, 4.69) is 17.2 Å². The van der Waals surface area contributed by atoms with Crippen molar-refractivity contribution in [3.8, 4) is 0 Å². The lowest BCUT2D eigenvalue weighted by Gasteiger charge is -2.15. The van der Waals surface area contributed by atoms with Crippen LogP contribution in [0.2, 0.25) is 0 Å². The van der Waals surface area contributed by atoms with Crippen molar-refractivity contribution in [1.29, 1.82) is 0 Å². The van der Waals surface area contributed by atoms with Gasteiger partial charge in [-0.05, 0) is 32.1 Å². The number of amides is 1. The molecule has 0 aromatic carbocycles.